The molecule has 3 fully saturated rings. The smallest absolute Gasteiger partial charge is 0.323 e. The fraction of sp³-hybridized carbons (Fsp3) is 0.786. The molecule has 4 aliphatic carbocycles. The topological polar surface area (TPSA) is 259 Å². The minimum absolute atomic E-state index is 0.0445. The van der Waals surface area contributed by atoms with Gasteiger partial charge in [-0.3, -0.25) is 40.0 Å². The molecule has 0 aromatic rings. The first kappa shape index (κ1) is 35.4. The molecule has 9 atom stereocenters. The van der Waals surface area contributed by atoms with Crippen molar-refractivity contribution in [1.82, 2.24) is 10.8 Å². The predicted octanol–water partition coefficient (Wildman–Crippen LogP) is -0.0143. The Morgan fingerprint density at radius 2 is 1.76 bits per heavy atom. The molecule has 254 valence electrons. The maximum absolute atomic E-state index is 13.4. The minimum atomic E-state index is -1.85. The first-order valence-electron chi connectivity index (χ1n) is 14.9. The second-order valence-electron chi connectivity index (χ2n) is 13.0. The van der Waals surface area contributed by atoms with Gasteiger partial charge in [0.1, 0.15) is 31.0 Å². The third-order valence-corrected chi connectivity index (χ3v) is 10.6. The lowest BCUT2D eigenvalue weighted by molar-refractivity contribution is -0.527. The van der Waals surface area contributed by atoms with Gasteiger partial charge in [-0.1, -0.05) is 19.4 Å². The van der Waals surface area contributed by atoms with Crippen molar-refractivity contribution in [3.05, 3.63) is 11.6 Å². The van der Waals surface area contributed by atoms with Crippen LogP contribution < -0.4 is 5.73 Å². The molecule has 45 heavy (non-hydrogen) atoms. The van der Waals surface area contributed by atoms with Gasteiger partial charge < -0.3 is 25.4 Å². The van der Waals surface area contributed by atoms with Crippen LogP contribution in [0.15, 0.2) is 11.6 Å². The fourth-order valence-electron chi connectivity index (χ4n) is 8.41. The van der Waals surface area contributed by atoms with Crippen molar-refractivity contribution in [2.75, 3.05) is 19.8 Å². The van der Waals surface area contributed by atoms with Crippen molar-refractivity contribution in [3.63, 3.8) is 0 Å². The Labute approximate surface area is 258 Å². The lowest BCUT2D eigenvalue weighted by Gasteiger charge is -2.60. The van der Waals surface area contributed by atoms with E-state index in [1.165, 1.54) is 0 Å². The highest BCUT2D eigenvalue weighted by molar-refractivity contribution is 5.92. The number of Topliss-reactive ketones (excluding diaryl/α,β-unsaturated/α-hetero) is 1. The quantitative estimate of drug-likeness (QED) is 0.103. The summed E-state index contributed by atoms with van der Waals surface area (Å²) in [5.41, 5.74) is 3.63. The molecule has 17 nitrogen and oxygen atoms in total. The molecule has 0 aliphatic heterocycles. The Kier molecular flexibility index (Phi) is 10.8. The number of aliphatic hydroxyl groups excluding tert-OH is 1. The third kappa shape index (κ3) is 7.13. The maximum atomic E-state index is 13.4. The van der Waals surface area contributed by atoms with E-state index in [-0.39, 0.29) is 41.8 Å². The van der Waals surface area contributed by atoms with Gasteiger partial charge in [-0.05, 0) is 67.8 Å². The minimum Gasteiger partial charge on any atom is -0.462 e. The zero-order chi connectivity index (χ0) is 33.3. The van der Waals surface area contributed by atoms with Crippen LogP contribution >= 0.6 is 0 Å². The number of carbonyl (C=O) groups is 4. The van der Waals surface area contributed by atoms with Crippen molar-refractivity contribution < 1.29 is 69.4 Å². The Bertz CT molecular complexity index is 1180. The average molecular weight is 646 g/mol. The molecule has 0 saturated heterocycles. The fourth-order valence-corrected chi connectivity index (χ4v) is 8.41. The standard InChI is InChI=1S/C28H43N3O14/c1-26-7-5-16(32)9-15(26)3-4-18-19-6-8-28(37,27(19,2)11-21(33)24(18)26)22(34)14-42-23(35)10-20(29)25(36)43-12-17(45-31(40)41)13-44-30(38)39/h9,17-21,24,33,37-41H,3-8,10-14,29H2,1-2H3/t17?,18-,19-,20?,21-,24+,26-,27-,28-/m0/s1. The van der Waals surface area contributed by atoms with Gasteiger partial charge in [-0.2, -0.15) is 0 Å². The van der Waals surface area contributed by atoms with Crippen molar-refractivity contribution in [2.24, 2.45) is 34.3 Å². The van der Waals surface area contributed by atoms with Crippen LogP contribution in [0, 0.1) is 28.6 Å². The summed E-state index contributed by atoms with van der Waals surface area (Å²) in [7, 11) is 0. The zero-order valence-electron chi connectivity index (χ0n) is 25.2. The van der Waals surface area contributed by atoms with Crippen LogP contribution in [0.1, 0.15) is 65.2 Å². The number of hydrogen-bond acceptors (Lipinski definition) is 17. The molecule has 0 heterocycles. The van der Waals surface area contributed by atoms with Gasteiger partial charge in [-0.25, -0.2) is 9.68 Å². The summed E-state index contributed by atoms with van der Waals surface area (Å²) in [6, 6.07) is -1.55. The summed E-state index contributed by atoms with van der Waals surface area (Å²) in [5.74, 6) is -2.87. The molecule has 4 aliphatic rings. The number of ketones is 2. The molecule has 0 spiro atoms. The lowest BCUT2D eigenvalue weighted by atomic mass is 9.45. The number of nitrogens with two attached hydrogens (primary N) is 1. The van der Waals surface area contributed by atoms with Crippen LogP contribution in [0.4, 0.5) is 0 Å². The Morgan fingerprint density at radius 3 is 2.42 bits per heavy atom. The number of esters is 2. The first-order valence-corrected chi connectivity index (χ1v) is 14.9. The number of rotatable bonds is 13. The van der Waals surface area contributed by atoms with E-state index in [0.717, 1.165) is 18.4 Å². The molecule has 0 aromatic carbocycles. The largest absolute Gasteiger partial charge is 0.462 e. The summed E-state index contributed by atoms with van der Waals surface area (Å²) in [6.07, 6.45) is 2.23. The van der Waals surface area contributed by atoms with E-state index in [1.807, 2.05) is 0 Å². The lowest BCUT2D eigenvalue weighted by Crippen LogP contribution is -2.62. The summed E-state index contributed by atoms with van der Waals surface area (Å²) < 4.78 is 9.92. The predicted molar refractivity (Wildman–Crippen MR) is 144 cm³/mol. The second kappa shape index (κ2) is 13.7. The van der Waals surface area contributed by atoms with E-state index < -0.39 is 84.0 Å². The molecule has 4 rings (SSSR count). The summed E-state index contributed by atoms with van der Waals surface area (Å²) in [6.45, 7) is 1.73. The maximum Gasteiger partial charge on any atom is 0.323 e. The van der Waals surface area contributed by atoms with Gasteiger partial charge >= 0.3 is 11.9 Å². The number of hydrogen-bond donors (Lipinski definition) is 7. The molecule has 17 heteroatoms. The van der Waals surface area contributed by atoms with E-state index in [4.69, 9.17) is 36.0 Å². The highest BCUT2D eigenvalue weighted by atomic mass is 17.1. The van der Waals surface area contributed by atoms with Gasteiger partial charge in [0.25, 0.3) is 0 Å². The number of nitrogens with zero attached hydrogens (tertiary/aromatic N) is 2. The van der Waals surface area contributed by atoms with E-state index >= 15 is 0 Å². The Morgan fingerprint density at radius 1 is 1.04 bits per heavy atom. The Balaban J connectivity index is 1.32. The van der Waals surface area contributed by atoms with Crippen LogP contribution in [-0.4, -0.2) is 109 Å². The number of aliphatic hydroxyl groups is 2. The van der Waals surface area contributed by atoms with Crippen LogP contribution in [0.5, 0.6) is 0 Å². The second-order valence-corrected chi connectivity index (χ2v) is 13.0. The molecule has 0 bridgehead atoms. The van der Waals surface area contributed by atoms with E-state index in [1.54, 1.807) is 13.0 Å². The molecule has 2 unspecified atom stereocenters. The van der Waals surface area contributed by atoms with Gasteiger partial charge in [-0.15, -0.1) is 0 Å². The van der Waals surface area contributed by atoms with E-state index in [2.05, 4.69) is 16.6 Å². The zero-order valence-corrected chi connectivity index (χ0v) is 25.2. The van der Waals surface area contributed by atoms with Gasteiger partial charge in [0, 0.05) is 11.8 Å². The van der Waals surface area contributed by atoms with Crippen LogP contribution in [0.2, 0.25) is 0 Å². The normalized spacial score (nSPS) is 35.6. The SMILES string of the molecule is C[C@]12CCC(=O)C=C1CC[C@@H]1[C@@H]2[C@@H](O)C[C@@]2(C)[C@H]1CC[C@]2(O)C(=O)COC(=O)CC(N)C(=O)OCC(CON(O)O)ON(O)O. The Hall–Kier alpha value is -2.42. The number of fused-ring (bicyclic) bond motifs is 5. The molecule has 8 N–H and O–H groups in total. The van der Waals surface area contributed by atoms with E-state index in [0.29, 0.717) is 19.3 Å². The summed E-state index contributed by atoms with van der Waals surface area (Å²) in [4.78, 5) is 58.9. The highest BCUT2D eigenvalue weighted by Gasteiger charge is 2.68. The first-order chi connectivity index (χ1) is 21.0. The van der Waals surface area contributed by atoms with Crippen LogP contribution in [0.25, 0.3) is 0 Å². The summed E-state index contributed by atoms with van der Waals surface area (Å²) >= 11 is 0. The monoisotopic (exact) mass is 645 g/mol. The third-order valence-electron chi connectivity index (χ3n) is 10.6. The molecular weight excluding hydrogens is 602 g/mol. The number of carbonyl (C=O) groups excluding carboxylic acids is 4. The average Bonchev–Trinajstić information content (AvgIpc) is 3.23. The van der Waals surface area contributed by atoms with Crippen molar-refractivity contribution in [3.8, 4) is 0 Å². The van der Waals surface area contributed by atoms with Crippen molar-refractivity contribution >= 4 is 23.5 Å². The van der Waals surface area contributed by atoms with Crippen LogP contribution in [-0.2, 0) is 38.3 Å². The van der Waals surface area contributed by atoms with Gasteiger partial charge in [0.05, 0.1) is 23.3 Å². The summed E-state index contributed by atoms with van der Waals surface area (Å²) in [5, 5.41) is 56.6. The van der Waals surface area contributed by atoms with Gasteiger partial charge in [0.15, 0.2) is 12.4 Å². The van der Waals surface area contributed by atoms with Gasteiger partial charge in [0.2, 0.25) is 5.78 Å². The van der Waals surface area contributed by atoms with E-state index in [9.17, 15) is 29.4 Å². The van der Waals surface area contributed by atoms with Crippen molar-refractivity contribution in [2.45, 2.75) is 89.1 Å². The molecule has 3 saturated carbocycles. The molecule has 0 amide bonds. The molecular formula is C28H43N3O14. The molecule has 0 radical (unpaired) electrons. The number of ether oxygens (including phenoxy) is 2. The molecule has 0 aromatic heterocycles. The van der Waals surface area contributed by atoms with Crippen molar-refractivity contribution in [1.29, 1.82) is 0 Å². The number of allylic oxidation sites excluding steroid dienone is 1. The highest BCUT2D eigenvalue weighted by Crippen LogP contribution is 2.67. The van der Waals surface area contributed by atoms with Crippen LogP contribution in [0.3, 0.4) is 0 Å².